The van der Waals surface area contributed by atoms with E-state index in [1.54, 1.807) is 24.3 Å². The van der Waals surface area contributed by atoms with Crippen molar-refractivity contribution in [3.8, 4) is 0 Å². The highest BCUT2D eigenvalue weighted by molar-refractivity contribution is 6.15. The summed E-state index contributed by atoms with van der Waals surface area (Å²) in [4.78, 5) is 51.0. The number of ether oxygens (including phenoxy) is 1. The average Bonchev–Trinajstić information content (AvgIpc) is 3.16. The number of carboxylic acid groups (broad SMARTS) is 1. The Labute approximate surface area is 199 Å². The van der Waals surface area contributed by atoms with Crippen molar-refractivity contribution in [1.82, 2.24) is 5.32 Å². The number of aliphatic carboxylic acids is 1. The molecule has 1 aromatic carbocycles. The van der Waals surface area contributed by atoms with E-state index < -0.39 is 47.2 Å². The quantitative estimate of drug-likeness (QED) is 0.212. The molecule has 0 radical (unpaired) electrons. The Morgan fingerprint density at radius 1 is 1.09 bits per heavy atom. The molecule has 1 fully saturated rings. The molecule has 0 aromatic heterocycles. The first-order valence-corrected chi connectivity index (χ1v) is 10.7. The number of carbonyl (C=O) groups is 4. The van der Waals surface area contributed by atoms with Crippen LogP contribution in [-0.2, 0) is 25.7 Å². The Bertz CT molecular complexity index is 839. The summed E-state index contributed by atoms with van der Waals surface area (Å²) in [6, 6.07) is 7.81. The first kappa shape index (κ1) is 28.5. The molecule has 0 aliphatic heterocycles. The van der Waals surface area contributed by atoms with Gasteiger partial charge in [0.1, 0.15) is 17.6 Å². The number of nitrogens with two attached hydrogens (primary N) is 3. The molecule has 0 saturated heterocycles. The first-order valence-electron chi connectivity index (χ1n) is 10.7. The molecule has 8 N–H and O–H groups in total. The van der Waals surface area contributed by atoms with E-state index in [9.17, 15) is 24.3 Å². The van der Waals surface area contributed by atoms with Gasteiger partial charge in [-0.15, -0.1) is 12.4 Å². The Hall–Kier alpha value is -2.53. The molecule has 0 spiro atoms. The number of Topliss-reactive ketones (excluding diaryl/α,β-unsaturated/α-hetero) is 2. The zero-order chi connectivity index (χ0) is 23.8. The molecule has 1 aliphatic rings. The number of rotatable bonds is 12. The van der Waals surface area contributed by atoms with Crippen molar-refractivity contribution in [3.05, 3.63) is 35.9 Å². The Kier molecular flexibility index (Phi) is 10.9. The van der Waals surface area contributed by atoms with E-state index in [1.807, 2.05) is 6.07 Å². The third kappa shape index (κ3) is 6.08. The minimum Gasteiger partial charge on any atom is -0.480 e. The Morgan fingerprint density at radius 2 is 1.76 bits per heavy atom. The number of unbranched alkanes of at least 4 members (excludes halogenated alkanes) is 1. The van der Waals surface area contributed by atoms with Crippen LogP contribution in [0.1, 0.15) is 44.1 Å². The van der Waals surface area contributed by atoms with Gasteiger partial charge in [0.25, 0.3) is 0 Å². The van der Waals surface area contributed by atoms with Crippen molar-refractivity contribution in [3.63, 3.8) is 0 Å². The van der Waals surface area contributed by atoms with Gasteiger partial charge >= 0.3 is 12.1 Å². The van der Waals surface area contributed by atoms with Gasteiger partial charge in [-0.2, -0.15) is 0 Å². The van der Waals surface area contributed by atoms with Gasteiger partial charge in [-0.25, -0.2) is 4.79 Å². The standard InChI is InChI=1S/C22H32N4O6.ClH/c23-12-5-4-9-16(26-20(31)32-14-15-7-2-1-3-8-15)18(28)21(17(27)13-24)10-6-11-22(21,25)19(29)30;/h1-3,7-8,16H,4-6,9-14,23-25H2,(H,26,31)(H,29,30);1H. The van der Waals surface area contributed by atoms with Crippen molar-refractivity contribution in [2.24, 2.45) is 22.6 Å². The first-order chi connectivity index (χ1) is 15.2. The van der Waals surface area contributed by atoms with Crippen molar-refractivity contribution in [2.45, 2.75) is 56.7 Å². The number of alkyl carbamates (subject to hydrolysis) is 1. The zero-order valence-corrected chi connectivity index (χ0v) is 19.3. The molecule has 33 heavy (non-hydrogen) atoms. The van der Waals surface area contributed by atoms with Gasteiger partial charge in [0.15, 0.2) is 11.6 Å². The largest absolute Gasteiger partial charge is 0.480 e. The predicted octanol–water partition coefficient (Wildman–Crippen LogP) is 0.882. The molecule has 184 valence electrons. The van der Waals surface area contributed by atoms with Crippen LogP contribution in [0.15, 0.2) is 30.3 Å². The number of benzene rings is 1. The summed E-state index contributed by atoms with van der Waals surface area (Å²) < 4.78 is 5.21. The normalized spacial score (nSPS) is 22.6. The number of hydrogen-bond acceptors (Lipinski definition) is 8. The van der Waals surface area contributed by atoms with Crippen LogP contribution in [0.2, 0.25) is 0 Å². The molecule has 3 unspecified atom stereocenters. The molecule has 11 heteroatoms. The number of carbonyl (C=O) groups excluding carboxylic acids is 3. The smallest absolute Gasteiger partial charge is 0.408 e. The summed E-state index contributed by atoms with van der Waals surface area (Å²) in [6.07, 6.45) is 0.539. The molecule has 3 atom stereocenters. The highest BCUT2D eigenvalue weighted by Crippen LogP contribution is 2.47. The van der Waals surface area contributed by atoms with E-state index in [4.69, 9.17) is 21.9 Å². The van der Waals surface area contributed by atoms with E-state index >= 15 is 0 Å². The Morgan fingerprint density at radius 3 is 2.33 bits per heavy atom. The van der Waals surface area contributed by atoms with E-state index in [1.165, 1.54) is 0 Å². The molecule has 1 amide bonds. The molecular formula is C22H33ClN4O6. The third-order valence-electron chi connectivity index (χ3n) is 6.12. The SMILES string of the molecule is Cl.NCCCCC(NC(=O)OCc1ccccc1)C(=O)C1(C(=O)CN)CCCC1(N)C(=O)O. The van der Waals surface area contributed by atoms with Gasteiger partial charge in [-0.3, -0.25) is 14.4 Å². The number of ketones is 2. The van der Waals surface area contributed by atoms with Crippen molar-refractivity contribution in [1.29, 1.82) is 0 Å². The van der Waals surface area contributed by atoms with E-state index in [0.717, 1.165) is 5.56 Å². The second kappa shape index (κ2) is 12.6. The summed E-state index contributed by atoms with van der Waals surface area (Å²) >= 11 is 0. The maximum absolute atomic E-state index is 13.7. The van der Waals surface area contributed by atoms with Crippen LogP contribution in [0, 0.1) is 5.41 Å². The summed E-state index contributed by atoms with van der Waals surface area (Å²) in [7, 11) is 0. The summed E-state index contributed by atoms with van der Waals surface area (Å²) in [6.45, 7) is -0.173. The van der Waals surface area contributed by atoms with E-state index in [0.29, 0.717) is 19.4 Å². The molecule has 1 aliphatic carbocycles. The van der Waals surface area contributed by atoms with E-state index in [-0.39, 0.29) is 44.7 Å². The van der Waals surface area contributed by atoms with Crippen molar-refractivity contribution in [2.75, 3.05) is 13.1 Å². The molecule has 1 aromatic rings. The number of hydrogen-bond donors (Lipinski definition) is 5. The summed E-state index contributed by atoms with van der Waals surface area (Å²) in [5.41, 5.74) is 13.9. The van der Waals surface area contributed by atoms with Crippen molar-refractivity contribution >= 4 is 36.0 Å². The zero-order valence-electron chi connectivity index (χ0n) is 18.5. The molecular weight excluding hydrogens is 452 g/mol. The maximum Gasteiger partial charge on any atom is 0.408 e. The van der Waals surface area contributed by atoms with Crippen LogP contribution >= 0.6 is 12.4 Å². The minimum absolute atomic E-state index is 0. The molecule has 0 heterocycles. The van der Waals surface area contributed by atoms with Gasteiger partial charge in [-0.05, 0) is 50.6 Å². The van der Waals surface area contributed by atoms with Crippen LogP contribution in [0.4, 0.5) is 4.79 Å². The lowest BCUT2D eigenvalue weighted by Gasteiger charge is -2.39. The fourth-order valence-corrected chi connectivity index (χ4v) is 4.37. The second-order valence-electron chi connectivity index (χ2n) is 8.07. The lowest BCUT2D eigenvalue weighted by atomic mass is 9.64. The fourth-order valence-electron chi connectivity index (χ4n) is 4.37. The van der Waals surface area contributed by atoms with Crippen LogP contribution < -0.4 is 22.5 Å². The summed E-state index contributed by atoms with van der Waals surface area (Å²) in [5.74, 6) is -2.94. The maximum atomic E-state index is 13.7. The number of amides is 1. The fraction of sp³-hybridized carbons (Fsp3) is 0.545. The average molecular weight is 485 g/mol. The lowest BCUT2D eigenvalue weighted by Crippen LogP contribution is -2.68. The van der Waals surface area contributed by atoms with Crippen LogP contribution in [0.25, 0.3) is 0 Å². The second-order valence-corrected chi connectivity index (χ2v) is 8.07. The predicted molar refractivity (Wildman–Crippen MR) is 124 cm³/mol. The van der Waals surface area contributed by atoms with Gasteiger partial charge < -0.3 is 32.4 Å². The van der Waals surface area contributed by atoms with Crippen LogP contribution in [0.5, 0.6) is 0 Å². The minimum atomic E-state index is -2.09. The lowest BCUT2D eigenvalue weighted by molar-refractivity contribution is -0.159. The Balaban J connectivity index is 0.00000544. The molecule has 2 rings (SSSR count). The molecule has 0 bridgehead atoms. The van der Waals surface area contributed by atoms with Gasteiger partial charge in [0, 0.05) is 0 Å². The third-order valence-corrected chi connectivity index (χ3v) is 6.12. The number of nitrogens with one attached hydrogen (secondary N) is 1. The van der Waals surface area contributed by atoms with Gasteiger partial charge in [0.2, 0.25) is 0 Å². The molecule has 1 saturated carbocycles. The number of carboxylic acids is 1. The topological polar surface area (TPSA) is 188 Å². The highest BCUT2D eigenvalue weighted by atomic mass is 35.5. The van der Waals surface area contributed by atoms with Crippen LogP contribution in [-0.4, -0.2) is 53.4 Å². The van der Waals surface area contributed by atoms with Crippen molar-refractivity contribution < 1.29 is 29.0 Å². The van der Waals surface area contributed by atoms with Gasteiger partial charge in [0.05, 0.1) is 12.6 Å². The van der Waals surface area contributed by atoms with E-state index in [2.05, 4.69) is 5.32 Å². The number of halogens is 1. The summed E-state index contributed by atoms with van der Waals surface area (Å²) in [5, 5.41) is 12.3. The highest BCUT2D eigenvalue weighted by Gasteiger charge is 2.66. The van der Waals surface area contributed by atoms with Gasteiger partial charge in [-0.1, -0.05) is 30.3 Å². The van der Waals surface area contributed by atoms with Crippen LogP contribution in [0.3, 0.4) is 0 Å². The molecule has 10 nitrogen and oxygen atoms in total. The monoisotopic (exact) mass is 484 g/mol.